The number of hydrogen-bond donors (Lipinski definition) is 1. The zero-order valence-electron chi connectivity index (χ0n) is 19.6. The number of ether oxygens (including phenoxy) is 1. The molecular formula is C24H30Cl3N3O4S. The lowest BCUT2D eigenvalue weighted by molar-refractivity contribution is -0.0620. The van der Waals surface area contributed by atoms with Crippen molar-refractivity contribution in [1.82, 2.24) is 9.80 Å². The number of nitrogens with zero attached hydrogens (tertiary/aromatic N) is 2. The highest BCUT2D eigenvalue weighted by atomic mass is 35.5. The van der Waals surface area contributed by atoms with Gasteiger partial charge in [0.05, 0.1) is 6.26 Å². The SMILES string of the molecule is CCCCOC(c1ccc(Cl)cc1)C(Cl)N1C=CN(CCNc2ccc(Cl)cc2)C1OS(C)(=O)=O. The van der Waals surface area contributed by atoms with Crippen LogP contribution in [0.4, 0.5) is 5.69 Å². The molecule has 3 rings (SSSR count). The first-order valence-corrected chi connectivity index (χ1v) is 14.3. The van der Waals surface area contributed by atoms with Crippen LogP contribution in [0, 0.1) is 0 Å². The van der Waals surface area contributed by atoms with Crippen LogP contribution in [-0.2, 0) is 19.0 Å². The molecule has 0 aromatic heterocycles. The van der Waals surface area contributed by atoms with E-state index < -0.39 is 28.1 Å². The molecule has 192 valence electrons. The van der Waals surface area contributed by atoms with E-state index in [9.17, 15) is 8.42 Å². The number of hydrogen-bond acceptors (Lipinski definition) is 7. The Morgan fingerprint density at radius 1 is 1.03 bits per heavy atom. The van der Waals surface area contributed by atoms with E-state index in [4.69, 9.17) is 43.7 Å². The molecule has 0 aliphatic carbocycles. The minimum absolute atomic E-state index is 0.460. The quantitative estimate of drug-likeness (QED) is 0.142. The zero-order chi connectivity index (χ0) is 25.4. The Bertz CT molecular complexity index is 1070. The van der Waals surface area contributed by atoms with E-state index in [1.54, 1.807) is 46.5 Å². The fraction of sp³-hybridized carbons (Fsp3) is 0.417. The van der Waals surface area contributed by atoms with Crippen LogP contribution in [0.15, 0.2) is 60.9 Å². The molecule has 1 heterocycles. The summed E-state index contributed by atoms with van der Waals surface area (Å²) in [5, 5.41) is 4.54. The average molecular weight is 563 g/mol. The second kappa shape index (κ2) is 13.0. The molecule has 0 fully saturated rings. The molecule has 1 N–H and O–H groups in total. The third kappa shape index (κ3) is 8.44. The van der Waals surface area contributed by atoms with Gasteiger partial charge < -0.3 is 19.9 Å². The van der Waals surface area contributed by atoms with E-state index in [-0.39, 0.29) is 0 Å². The molecule has 11 heteroatoms. The third-order valence-electron chi connectivity index (χ3n) is 5.30. The van der Waals surface area contributed by atoms with Crippen molar-refractivity contribution in [3.05, 3.63) is 76.5 Å². The average Bonchev–Trinajstić information content (AvgIpc) is 3.19. The molecule has 0 bridgehead atoms. The van der Waals surface area contributed by atoms with Crippen molar-refractivity contribution in [2.45, 2.75) is 37.7 Å². The number of nitrogens with one attached hydrogen (secondary N) is 1. The Balaban J connectivity index is 1.75. The maximum atomic E-state index is 12.1. The van der Waals surface area contributed by atoms with E-state index in [0.717, 1.165) is 30.3 Å². The van der Waals surface area contributed by atoms with E-state index in [1.807, 2.05) is 24.3 Å². The largest absolute Gasteiger partial charge is 0.383 e. The van der Waals surface area contributed by atoms with Gasteiger partial charge in [0, 0.05) is 47.8 Å². The smallest absolute Gasteiger partial charge is 0.267 e. The molecule has 3 unspecified atom stereocenters. The van der Waals surface area contributed by atoms with Crippen LogP contribution in [0.2, 0.25) is 10.0 Å². The predicted octanol–water partition coefficient (Wildman–Crippen LogP) is 5.88. The molecule has 0 saturated carbocycles. The molecule has 3 atom stereocenters. The Morgan fingerprint density at radius 2 is 1.66 bits per heavy atom. The maximum absolute atomic E-state index is 12.1. The molecular weight excluding hydrogens is 533 g/mol. The van der Waals surface area contributed by atoms with Gasteiger partial charge >= 0.3 is 0 Å². The van der Waals surface area contributed by atoms with Gasteiger partial charge in [-0.25, -0.2) is 4.18 Å². The number of anilines is 1. The topological polar surface area (TPSA) is 71.1 Å². The summed E-state index contributed by atoms with van der Waals surface area (Å²) in [7, 11) is -3.78. The van der Waals surface area contributed by atoms with Crippen molar-refractivity contribution in [3.8, 4) is 0 Å². The lowest BCUT2D eigenvalue weighted by Gasteiger charge is -2.37. The Labute approximate surface area is 222 Å². The van der Waals surface area contributed by atoms with Crippen LogP contribution in [0.1, 0.15) is 31.4 Å². The van der Waals surface area contributed by atoms with Gasteiger partial charge in [-0.15, -0.1) is 0 Å². The van der Waals surface area contributed by atoms with Gasteiger partial charge in [-0.3, -0.25) is 0 Å². The highest BCUT2D eigenvalue weighted by Gasteiger charge is 2.38. The molecule has 0 saturated heterocycles. The lowest BCUT2D eigenvalue weighted by atomic mass is 10.1. The highest BCUT2D eigenvalue weighted by molar-refractivity contribution is 7.86. The van der Waals surface area contributed by atoms with Crippen molar-refractivity contribution in [2.24, 2.45) is 0 Å². The molecule has 7 nitrogen and oxygen atoms in total. The van der Waals surface area contributed by atoms with E-state index in [0.29, 0.717) is 29.7 Å². The molecule has 2 aromatic rings. The fourth-order valence-corrected chi connectivity index (χ4v) is 4.68. The van der Waals surface area contributed by atoms with Crippen LogP contribution in [0.5, 0.6) is 0 Å². The summed E-state index contributed by atoms with van der Waals surface area (Å²) in [6.07, 6.45) is 4.85. The molecule has 0 amide bonds. The third-order valence-corrected chi connectivity index (χ3v) is 6.78. The van der Waals surface area contributed by atoms with Gasteiger partial charge in [-0.05, 0) is 48.4 Å². The second-order valence-corrected chi connectivity index (χ2v) is 11.0. The maximum Gasteiger partial charge on any atom is 0.267 e. The summed E-state index contributed by atoms with van der Waals surface area (Å²) in [4.78, 5) is 3.42. The normalized spacial score (nSPS) is 17.6. The van der Waals surface area contributed by atoms with Gasteiger partial charge in [0.25, 0.3) is 10.1 Å². The van der Waals surface area contributed by atoms with E-state index in [1.165, 1.54) is 0 Å². The van der Waals surface area contributed by atoms with Gasteiger partial charge in [0.1, 0.15) is 11.6 Å². The van der Waals surface area contributed by atoms with Crippen molar-refractivity contribution in [1.29, 1.82) is 0 Å². The molecule has 0 spiro atoms. The van der Waals surface area contributed by atoms with Crippen molar-refractivity contribution in [3.63, 3.8) is 0 Å². The first-order valence-electron chi connectivity index (χ1n) is 11.3. The molecule has 1 aliphatic heterocycles. The Morgan fingerprint density at radius 3 is 2.26 bits per heavy atom. The summed E-state index contributed by atoms with van der Waals surface area (Å²) in [6, 6.07) is 14.6. The van der Waals surface area contributed by atoms with E-state index in [2.05, 4.69) is 12.2 Å². The fourth-order valence-electron chi connectivity index (χ4n) is 3.53. The highest BCUT2D eigenvalue weighted by Crippen LogP contribution is 2.34. The van der Waals surface area contributed by atoms with Crippen molar-refractivity contribution in [2.75, 3.05) is 31.3 Å². The predicted molar refractivity (Wildman–Crippen MR) is 142 cm³/mol. The number of unbranched alkanes of at least 4 members (excludes halogenated alkanes) is 1. The molecule has 1 aliphatic rings. The minimum Gasteiger partial charge on any atom is -0.383 e. The number of rotatable bonds is 13. The Kier molecular flexibility index (Phi) is 10.4. The van der Waals surface area contributed by atoms with Crippen molar-refractivity contribution < 1.29 is 17.3 Å². The zero-order valence-corrected chi connectivity index (χ0v) is 22.7. The summed E-state index contributed by atoms with van der Waals surface area (Å²) in [6.45, 7) is 3.58. The lowest BCUT2D eigenvalue weighted by Crippen LogP contribution is -2.48. The van der Waals surface area contributed by atoms with Gasteiger partial charge in [-0.1, -0.05) is 60.3 Å². The van der Waals surface area contributed by atoms with Crippen LogP contribution < -0.4 is 5.32 Å². The van der Waals surface area contributed by atoms with Crippen molar-refractivity contribution >= 4 is 50.6 Å². The Hall–Kier alpha value is -1.68. The standard InChI is InChI=1S/C24H30Cl3N3O4S/c1-3-4-17-33-22(18-5-7-19(25)8-6-18)23(27)30-16-15-29(24(30)34-35(2,31)32)14-13-28-21-11-9-20(26)10-12-21/h5-12,15-16,22-24,28H,3-4,13-14,17H2,1-2H3. The summed E-state index contributed by atoms with van der Waals surface area (Å²) >= 11 is 18.9. The molecule has 0 radical (unpaired) electrons. The summed E-state index contributed by atoms with van der Waals surface area (Å²) < 4.78 is 35.8. The monoisotopic (exact) mass is 561 g/mol. The van der Waals surface area contributed by atoms with Crippen LogP contribution in [-0.4, -0.2) is 56.0 Å². The number of alkyl halides is 1. The van der Waals surface area contributed by atoms with Crippen LogP contribution in [0.25, 0.3) is 0 Å². The summed E-state index contributed by atoms with van der Waals surface area (Å²) in [5.41, 5.74) is 0.988. The van der Waals surface area contributed by atoms with Gasteiger partial charge in [-0.2, -0.15) is 8.42 Å². The van der Waals surface area contributed by atoms with Crippen LogP contribution >= 0.6 is 34.8 Å². The molecule has 35 heavy (non-hydrogen) atoms. The number of benzene rings is 2. The number of halogens is 3. The second-order valence-electron chi connectivity index (χ2n) is 8.11. The van der Waals surface area contributed by atoms with E-state index >= 15 is 0 Å². The first-order chi connectivity index (χ1) is 16.7. The van der Waals surface area contributed by atoms with Crippen LogP contribution in [0.3, 0.4) is 0 Å². The molecule has 2 aromatic carbocycles. The van der Waals surface area contributed by atoms with Gasteiger partial charge in [0.15, 0.2) is 0 Å². The first kappa shape index (κ1) is 27.9. The minimum atomic E-state index is -3.78. The van der Waals surface area contributed by atoms with Gasteiger partial charge in [0.2, 0.25) is 6.35 Å². The summed E-state index contributed by atoms with van der Waals surface area (Å²) in [5.74, 6) is 0.